The standard InChI is InChI=1S/C10H13N7O/c1-6(2)7-3-8(13-4-12-7)17-5-14-10(15-17)9(11)16-18/h3-6,18H,1-2H3,(H2,11,16). The average molecular weight is 247 g/mol. The summed E-state index contributed by atoms with van der Waals surface area (Å²) in [6.07, 6.45) is 2.91. The van der Waals surface area contributed by atoms with Gasteiger partial charge in [-0.15, -0.1) is 5.10 Å². The number of hydrogen-bond donors (Lipinski definition) is 2. The van der Waals surface area contributed by atoms with Gasteiger partial charge in [-0.05, 0) is 5.92 Å². The molecule has 0 bridgehead atoms. The molecule has 0 aliphatic heterocycles. The summed E-state index contributed by atoms with van der Waals surface area (Å²) in [5.41, 5.74) is 6.30. The molecular formula is C10H13N7O. The fourth-order valence-electron chi connectivity index (χ4n) is 1.34. The molecule has 2 aromatic heterocycles. The molecule has 2 heterocycles. The minimum Gasteiger partial charge on any atom is -0.409 e. The largest absolute Gasteiger partial charge is 0.409 e. The highest BCUT2D eigenvalue weighted by atomic mass is 16.4. The second-order valence-electron chi connectivity index (χ2n) is 3.95. The van der Waals surface area contributed by atoms with Crippen molar-refractivity contribution in [2.75, 3.05) is 0 Å². The predicted molar refractivity (Wildman–Crippen MR) is 63.5 cm³/mol. The number of rotatable bonds is 3. The number of hydrogen-bond acceptors (Lipinski definition) is 6. The molecule has 2 aromatic rings. The molecule has 0 saturated carbocycles. The highest BCUT2D eigenvalue weighted by Gasteiger charge is 2.09. The average Bonchev–Trinajstić information content (AvgIpc) is 2.87. The van der Waals surface area contributed by atoms with Crippen molar-refractivity contribution in [2.45, 2.75) is 19.8 Å². The van der Waals surface area contributed by atoms with Crippen LogP contribution in [0.25, 0.3) is 5.82 Å². The molecular weight excluding hydrogens is 234 g/mol. The van der Waals surface area contributed by atoms with Crippen LogP contribution >= 0.6 is 0 Å². The summed E-state index contributed by atoms with van der Waals surface area (Å²) in [6.45, 7) is 4.07. The fourth-order valence-corrected chi connectivity index (χ4v) is 1.34. The van der Waals surface area contributed by atoms with Gasteiger partial charge in [0.1, 0.15) is 12.7 Å². The molecule has 0 radical (unpaired) electrons. The van der Waals surface area contributed by atoms with E-state index in [1.54, 1.807) is 0 Å². The second kappa shape index (κ2) is 4.78. The first-order chi connectivity index (χ1) is 8.61. The van der Waals surface area contributed by atoms with Crippen molar-refractivity contribution in [3.8, 4) is 5.82 Å². The van der Waals surface area contributed by atoms with Gasteiger partial charge < -0.3 is 10.9 Å². The number of aromatic nitrogens is 5. The van der Waals surface area contributed by atoms with Gasteiger partial charge in [-0.3, -0.25) is 0 Å². The van der Waals surface area contributed by atoms with E-state index in [2.05, 4.69) is 25.2 Å². The van der Waals surface area contributed by atoms with Crippen LogP contribution in [-0.2, 0) is 0 Å². The predicted octanol–water partition coefficient (Wildman–Crippen LogP) is 0.275. The lowest BCUT2D eigenvalue weighted by molar-refractivity contribution is 0.318. The Morgan fingerprint density at radius 2 is 2.17 bits per heavy atom. The second-order valence-corrected chi connectivity index (χ2v) is 3.95. The molecule has 0 spiro atoms. The lowest BCUT2D eigenvalue weighted by Crippen LogP contribution is -2.15. The Morgan fingerprint density at radius 1 is 1.39 bits per heavy atom. The minimum absolute atomic E-state index is 0.141. The zero-order valence-corrected chi connectivity index (χ0v) is 10.0. The Hall–Kier alpha value is -2.51. The number of nitrogens with two attached hydrogens (primary N) is 1. The molecule has 0 unspecified atom stereocenters. The summed E-state index contributed by atoms with van der Waals surface area (Å²) in [4.78, 5) is 12.2. The maximum atomic E-state index is 8.53. The number of amidine groups is 1. The number of nitrogens with zero attached hydrogens (tertiary/aromatic N) is 6. The van der Waals surface area contributed by atoms with Crippen molar-refractivity contribution in [1.82, 2.24) is 24.7 Å². The van der Waals surface area contributed by atoms with Crippen LogP contribution < -0.4 is 5.73 Å². The van der Waals surface area contributed by atoms with Gasteiger partial charge in [-0.25, -0.2) is 19.6 Å². The molecule has 18 heavy (non-hydrogen) atoms. The lowest BCUT2D eigenvalue weighted by Gasteiger charge is -2.05. The third-order valence-electron chi connectivity index (χ3n) is 2.33. The van der Waals surface area contributed by atoms with E-state index < -0.39 is 0 Å². The van der Waals surface area contributed by atoms with Crippen LogP contribution in [0.3, 0.4) is 0 Å². The fraction of sp³-hybridized carbons (Fsp3) is 0.300. The van der Waals surface area contributed by atoms with E-state index in [0.29, 0.717) is 11.7 Å². The van der Waals surface area contributed by atoms with Gasteiger partial charge in [0.15, 0.2) is 5.82 Å². The summed E-state index contributed by atoms with van der Waals surface area (Å²) >= 11 is 0. The van der Waals surface area contributed by atoms with Crippen LogP contribution in [0.4, 0.5) is 0 Å². The first-order valence-electron chi connectivity index (χ1n) is 5.33. The highest BCUT2D eigenvalue weighted by Crippen LogP contribution is 2.12. The van der Waals surface area contributed by atoms with Gasteiger partial charge in [-0.2, -0.15) is 0 Å². The first kappa shape index (κ1) is 12.0. The Bertz CT molecular complexity index is 575. The van der Waals surface area contributed by atoms with Crippen molar-refractivity contribution in [2.24, 2.45) is 10.9 Å². The zero-order chi connectivity index (χ0) is 13.1. The van der Waals surface area contributed by atoms with E-state index >= 15 is 0 Å². The Balaban J connectivity index is 2.37. The maximum Gasteiger partial charge on any atom is 0.220 e. The van der Waals surface area contributed by atoms with Crippen LogP contribution in [0.5, 0.6) is 0 Å². The van der Waals surface area contributed by atoms with Crippen LogP contribution in [0, 0.1) is 0 Å². The smallest absolute Gasteiger partial charge is 0.220 e. The molecule has 2 rings (SSSR count). The number of oxime groups is 1. The summed E-state index contributed by atoms with van der Waals surface area (Å²) in [5, 5.41) is 15.4. The molecule has 8 heteroatoms. The van der Waals surface area contributed by atoms with Crippen molar-refractivity contribution < 1.29 is 5.21 Å². The minimum atomic E-state index is -0.146. The highest BCUT2D eigenvalue weighted by molar-refractivity contribution is 5.93. The van der Waals surface area contributed by atoms with Crippen LogP contribution in [0.2, 0.25) is 0 Å². The van der Waals surface area contributed by atoms with Crippen molar-refractivity contribution in [3.63, 3.8) is 0 Å². The first-order valence-corrected chi connectivity index (χ1v) is 5.33. The van der Waals surface area contributed by atoms with Gasteiger partial charge in [0, 0.05) is 11.8 Å². The molecule has 0 aliphatic carbocycles. The van der Waals surface area contributed by atoms with Crippen molar-refractivity contribution in [1.29, 1.82) is 0 Å². The normalized spacial score (nSPS) is 12.1. The van der Waals surface area contributed by atoms with Gasteiger partial charge >= 0.3 is 0 Å². The third-order valence-corrected chi connectivity index (χ3v) is 2.33. The van der Waals surface area contributed by atoms with E-state index in [1.165, 1.54) is 17.3 Å². The molecule has 0 aromatic carbocycles. The van der Waals surface area contributed by atoms with Crippen molar-refractivity contribution >= 4 is 5.84 Å². The Labute approximate surface area is 103 Å². The van der Waals surface area contributed by atoms with Crippen LogP contribution in [0.15, 0.2) is 23.9 Å². The van der Waals surface area contributed by atoms with Gasteiger partial charge in [0.05, 0.1) is 0 Å². The summed E-state index contributed by atoms with van der Waals surface area (Å²) < 4.78 is 1.45. The summed E-state index contributed by atoms with van der Waals surface area (Å²) in [5.74, 6) is 0.867. The topological polar surface area (TPSA) is 115 Å². The quantitative estimate of drug-likeness (QED) is 0.348. The molecule has 0 saturated heterocycles. The van der Waals surface area contributed by atoms with Gasteiger partial charge in [0.25, 0.3) is 0 Å². The van der Waals surface area contributed by atoms with E-state index in [9.17, 15) is 0 Å². The third kappa shape index (κ3) is 2.26. The molecule has 3 N–H and O–H groups in total. The maximum absolute atomic E-state index is 8.53. The van der Waals surface area contributed by atoms with E-state index in [0.717, 1.165) is 5.69 Å². The van der Waals surface area contributed by atoms with E-state index in [-0.39, 0.29) is 11.7 Å². The lowest BCUT2D eigenvalue weighted by atomic mass is 10.1. The molecule has 0 fully saturated rings. The molecule has 0 aliphatic rings. The molecule has 94 valence electrons. The molecule has 0 atom stereocenters. The molecule has 8 nitrogen and oxygen atoms in total. The SMILES string of the molecule is CC(C)c1cc(-n2cnc(C(N)=NO)n2)ncn1. The molecule has 0 amide bonds. The van der Waals surface area contributed by atoms with Gasteiger partial charge in [0.2, 0.25) is 11.7 Å². The van der Waals surface area contributed by atoms with Crippen LogP contribution in [0.1, 0.15) is 31.3 Å². The summed E-state index contributed by atoms with van der Waals surface area (Å²) in [6, 6.07) is 1.81. The van der Waals surface area contributed by atoms with Crippen molar-refractivity contribution in [3.05, 3.63) is 30.2 Å². The van der Waals surface area contributed by atoms with Gasteiger partial charge in [-0.1, -0.05) is 19.0 Å². The summed E-state index contributed by atoms with van der Waals surface area (Å²) in [7, 11) is 0. The van der Waals surface area contributed by atoms with E-state index in [1.807, 2.05) is 19.9 Å². The zero-order valence-electron chi connectivity index (χ0n) is 10.0. The Morgan fingerprint density at radius 3 is 2.83 bits per heavy atom. The monoisotopic (exact) mass is 247 g/mol. The Kier molecular flexibility index (Phi) is 3.18. The van der Waals surface area contributed by atoms with E-state index in [4.69, 9.17) is 10.9 Å². The van der Waals surface area contributed by atoms with Crippen LogP contribution in [-0.4, -0.2) is 35.8 Å².